The van der Waals surface area contributed by atoms with E-state index in [1.807, 2.05) is 12.1 Å². The van der Waals surface area contributed by atoms with E-state index in [2.05, 4.69) is 33.1 Å². The number of aliphatic hydroxyl groups excluding tert-OH is 1. The number of furan rings is 1. The summed E-state index contributed by atoms with van der Waals surface area (Å²) in [7, 11) is 0. The summed E-state index contributed by atoms with van der Waals surface area (Å²) in [5.74, 6) is 1.72. The molecule has 0 unspecified atom stereocenters. The first-order chi connectivity index (χ1) is 11.9. The Hall–Kier alpha value is -1.10. The summed E-state index contributed by atoms with van der Waals surface area (Å²) in [5.41, 5.74) is 0. The largest absolute Gasteiger partial charge is 0.469 e. The highest BCUT2D eigenvalue weighted by atomic mass is 127. The van der Waals surface area contributed by atoms with E-state index in [9.17, 15) is 0 Å². The molecule has 0 spiro atoms. The molecule has 2 aromatic heterocycles. The van der Waals surface area contributed by atoms with Crippen LogP contribution in [0.5, 0.6) is 0 Å². The lowest BCUT2D eigenvalue weighted by Crippen LogP contribution is -2.39. The van der Waals surface area contributed by atoms with Gasteiger partial charge in [-0.05, 0) is 30.0 Å². The van der Waals surface area contributed by atoms with Crippen molar-refractivity contribution in [1.82, 2.24) is 10.6 Å². The molecule has 0 fully saturated rings. The Bertz CT molecular complexity index is 519. The lowest BCUT2D eigenvalue weighted by molar-refractivity contribution is 0.0977. The van der Waals surface area contributed by atoms with Gasteiger partial charge in [-0.15, -0.1) is 35.3 Å². The summed E-state index contributed by atoms with van der Waals surface area (Å²) < 4.78 is 10.6. The number of nitrogens with one attached hydrogen (secondary N) is 2. The average Bonchev–Trinajstić information content (AvgIpc) is 3.28. The Labute approximate surface area is 169 Å². The molecule has 2 heterocycles. The number of thiophene rings is 1. The fraction of sp³-hybridized carbons (Fsp3) is 0.471. The summed E-state index contributed by atoms with van der Waals surface area (Å²) in [6.45, 7) is 3.01. The van der Waals surface area contributed by atoms with Gasteiger partial charge in [-0.2, -0.15) is 0 Å². The normalized spacial score (nSPS) is 11.2. The molecule has 0 aliphatic heterocycles. The molecular formula is C17H26IN3O3S. The Morgan fingerprint density at radius 3 is 2.68 bits per heavy atom. The number of nitrogens with zero attached hydrogens (tertiary/aromatic N) is 1. The molecule has 2 rings (SSSR count). The van der Waals surface area contributed by atoms with Crippen molar-refractivity contribution in [2.75, 3.05) is 39.5 Å². The molecule has 6 nitrogen and oxygen atoms in total. The fourth-order valence-electron chi connectivity index (χ4n) is 2.08. The highest BCUT2D eigenvalue weighted by Gasteiger charge is 2.01. The van der Waals surface area contributed by atoms with E-state index in [-0.39, 0.29) is 30.6 Å². The standard InChI is InChI=1S/C17H25N3O3S.HI/c21-10-13-22-12-9-20-17(18-7-5-15-3-1-11-23-15)19-8-6-16-4-2-14-24-16;/h1-4,11,14,21H,5-10,12-13H2,(H2,18,19,20);1H. The summed E-state index contributed by atoms with van der Waals surface area (Å²) in [6.07, 6.45) is 3.46. The molecule has 0 aliphatic rings. The van der Waals surface area contributed by atoms with Gasteiger partial charge < -0.3 is 24.9 Å². The van der Waals surface area contributed by atoms with Crippen molar-refractivity contribution < 1.29 is 14.3 Å². The zero-order chi connectivity index (χ0) is 16.9. The van der Waals surface area contributed by atoms with Crippen LogP contribution in [0.25, 0.3) is 0 Å². The molecule has 0 radical (unpaired) electrons. The van der Waals surface area contributed by atoms with E-state index in [0.29, 0.717) is 19.8 Å². The molecule has 0 aromatic carbocycles. The summed E-state index contributed by atoms with van der Waals surface area (Å²) >= 11 is 1.76. The van der Waals surface area contributed by atoms with Gasteiger partial charge >= 0.3 is 0 Å². The topological polar surface area (TPSA) is 79.0 Å². The maximum atomic E-state index is 8.69. The van der Waals surface area contributed by atoms with Crippen molar-refractivity contribution in [1.29, 1.82) is 0 Å². The number of aliphatic hydroxyl groups is 1. The first kappa shape index (κ1) is 21.9. The van der Waals surface area contributed by atoms with E-state index >= 15 is 0 Å². The second kappa shape index (κ2) is 14.1. The molecule has 0 aliphatic carbocycles. The number of ether oxygens (including phenoxy) is 1. The van der Waals surface area contributed by atoms with E-state index in [1.54, 1.807) is 17.6 Å². The molecule has 0 saturated carbocycles. The van der Waals surface area contributed by atoms with E-state index in [4.69, 9.17) is 14.3 Å². The molecule has 0 atom stereocenters. The van der Waals surface area contributed by atoms with Gasteiger partial charge in [0.25, 0.3) is 0 Å². The summed E-state index contributed by atoms with van der Waals surface area (Å²) in [5, 5.41) is 17.4. The number of rotatable bonds is 11. The number of aliphatic imine (C=N–C) groups is 1. The zero-order valence-corrected chi connectivity index (χ0v) is 17.3. The Kier molecular flexibility index (Phi) is 12.4. The zero-order valence-electron chi connectivity index (χ0n) is 14.1. The lowest BCUT2D eigenvalue weighted by atomic mass is 10.3. The molecule has 25 heavy (non-hydrogen) atoms. The monoisotopic (exact) mass is 479 g/mol. The van der Waals surface area contributed by atoms with Gasteiger partial charge in [-0.25, -0.2) is 0 Å². The van der Waals surface area contributed by atoms with Crippen LogP contribution < -0.4 is 10.6 Å². The molecule has 140 valence electrons. The second-order valence-electron chi connectivity index (χ2n) is 5.08. The van der Waals surface area contributed by atoms with Crippen molar-refractivity contribution in [3.05, 3.63) is 46.5 Å². The van der Waals surface area contributed by atoms with Crippen molar-refractivity contribution in [3.63, 3.8) is 0 Å². The van der Waals surface area contributed by atoms with Crippen LogP contribution in [0.2, 0.25) is 0 Å². The van der Waals surface area contributed by atoms with Gasteiger partial charge in [0.15, 0.2) is 5.96 Å². The van der Waals surface area contributed by atoms with Gasteiger partial charge in [0.2, 0.25) is 0 Å². The van der Waals surface area contributed by atoms with Crippen LogP contribution in [-0.2, 0) is 17.6 Å². The van der Waals surface area contributed by atoms with Crippen LogP contribution in [0.15, 0.2) is 45.3 Å². The molecule has 2 aromatic rings. The first-order valence-electron chi connectivity index (χ1n) is 8.14. The van der Waals surface area contributed by atoms with Crippen LogP contribution in [-0.4, -0.2) is 50.5 Å². The summed E-state index contributed by atoms with van der Waals surface area (Å²) in [6, 6.07) is 8.05. The minimum absolute atomic E-state index is 0. The Morgan fingerprint density at radius 1 is 1.16 bits per heavy atom. The molecule has 0 amide bonds. The predicted molar refractivity (Wildman–Crippen MR) is 112 cm³/mol. The Balaban J connectivity index is 0.00000312. The number of hydrogen-bond acceptors (Lipinski definition) is 5. The SMILES string of the molecule is I.OCCOCCN=C(NCCc1ccco1)NCCc1cccs1. The minimum Gasteiger partial charge on any atom is -0.469 e. The van der Waals surface area contributed by atoms with Crippen molar-refractivity contribution >= 4 is 41.3 Å². The van der Waals surface area contributed by atoms with Crippen LogP contribution >= 0.6 is 35.3 Å². The van der Waals surface area contributed by atoms with Crippen LogP contribution in [0.3, 0.4) is 0 Å². The van der Waals surface area contributed by atoms with Gasteiger partial charge in [0, 0.05) is 24.4 Å². The predicted octanol–water partition coefficient (Wildman–Crippen LogP) is 2.29. The third kappa shape index (κ3) is 9.83. The quantitative estimate of drug-likeness (QED) is 0.200. The van der Waals surface area contributed by atoms with Gasteiger partial charge in [0.05, 0.1) is 32.6 Å². The summed E-state index contributed by atoms with van der Waals surface area (Å²) in [4.78, 5) is 5.84. The Morgan fingerprint density at radius 2 is 2.00 bits per heavy atom. The number of guanidine groups is 1. The minimum atomic E-state index is 0. The third-order valence-corrected chi connectivity index (χ3v) is 4.17. The average molecular weight is 479 g/mol. The lowest BCUT2D eigenvalue weighted by Gasteiger charge is -2.12. The van der Waals surface area contributed by atoms with E-state index < -0.39 is 0 Å². The third-order valence-electron chi connectivity index (χ3n) is 3.23. The van der Waals surface area contributed by atoms with Crippen molar-refractivity contribution in [2.24, 2.45) is 4.99 Å². The van der Waals surface area contributed by atoms with E-state index in [0.717, 1.165) is 37.7 Å². The van der Waals surface area contributed by atoms with Crippen molar-refractivity contribution in [3.8, 4) is 0 Å². The molecule has 0 bridgehead atoms. The van der Waals surface area contributed by atoms with Gasteiger partial charge in [-0.3, -0.25) is 4.99 Å². The van der Waals surface area contributed by atoms with E-state index in [1.165, 1.54) is 4.88 Å². The first-order valence-corrected chi connectivity index (χ1v) is 9.02. The molecule has 0 saturated heterocycles. The highest BCUT2D eigenvalue weighted by molar-refractivity contribution is 14.0. The number of hydrogen-bond donors (Lipinski definition) is 3. The van der Waals surface area contributed by atoms with Gasteiger partial charge in [-0.1, -0.05) is 6.07 Å². The van der Waals surface area contributed by atoms with Crippen LogP contribution in [0.1, 0.15) is 10.6 Å². The highest BCUT2D eigenvalue weighted by Crippen LogP contribution is 2.08. The number of halogens is 1. The van der Waals surface area contributed by atoms with Crippen LogP contribution in [0.4, 0.5) is 0 Å². The molecule has 3 N–H and O–H groups in total. The maximum Gasteiger partial charge on any atom is 0.191 e. The van der Waals surface area contributed by atoms with Crippen LogP contribution in [0, 0.1) is 0 Å². The molecule has 8 heteroatoms. The molecular weight excluding hydrogens is 453 g/mol. The second-order valence-corrected chi connectivity index (χ2v) is 6.11. The maximum absolute atomic E-state index is 8.69. The fourth-order valence-corrected chi connectivity index (χ4v) is 2.79. The van der Waals surface area contributed by atoms with Gasteiger partial charge in [0.1, 0.15) is 5.76 Å². The smallest absolute Gasteiger partial charge is 0.191 e. The van der Waals surface area contributed by atoms with Crippen molar-refractivity contribution in [2.45, 2.75) is 12.8 Å².